The Hall–Kier alpha value is -1.30. The number of phenolic OH excluding ortho intramolecular Hbond substituents is 1. The quantitative estimate of drug-likeness (QED) is 0.873. The fraction of sp³-hybridized carbons (Fsp3) is 0.462. The first-order valence-electron chi connectivity index (χ1n) is 6.16. The van der Waals surface area contributed by atoms with Crippen LogP contribution in [0.15, 0.2) is 18.2 Å². The summed E-state index contributed by atoms with van der Waals surface area (Å²) < 4.78 is 5.54. The molecular formula is C13H17ClN2O3. The highest BCUT2D eigenvalue weighted by Gasteiger charge is 2.26. The van der Waals surface area contributed by atoms with E-state index in [1.165, 1.54) is 12.1 Å². The summed E-state index contributed by atoms with van der Waals surface area (Å²) in [6, 6.07) is 4.47. The van der Waals surface area contributed by atoms with E-state index in [1.54, 1.807) is 11.0 Å². The van der Waals surface area contributed by atoms with Crippen molar-refractivity contribution in [2.75, 3.05) is 33.3 Å². The normalized spacial score (nSPS) is 19.5. The van der Waals surface area contributed by atoms with Gasteiger partial charge in [-0.2, -0.15) is 0 Å². The molecule has 6 heteroatoms. The number of hydrogen-bond donors (Lipinski definition) is 2. The van der Waals surface area contributed by atoms with Gasteiger partial charge in [0.2, 0.25) is 0 Å². The van der Waals surface area contributed by atoms with Crippen LogP contribution in [0.4, 0.5) is 0 Å². The molecule has 1 unspecified atom stereocenters. The van der Waals surface area contributed by atoms with Gasteiger partial charge >= 0.3 is 0 Å². The molecule has 2 N–H and O–H groups in total. The van der Waals surface area contributed by atoms with E-state index in [-0.39, 0.29) is 23.3 Å². The Labute approximate surface area is 117 Å². The maximum Gasteiger partial charge on any atom is 0.257 e. The molecular weight excluding hydrogens is 268 g/mol. The molecule has 5 nitrogen and oxygen atoms in total. The number of amides is 1. The van der Waals surface area contributed by atoms with Crippen LogP contribution >= 0.6 is 11.6 Å². The first-order chi connectivity index (χ1) is 9.11. The minimum atomic E-state index is -0.218. The van der Waals surface area contributed by atoms with Gasteiger partial charge in [-0.25, -0.2) is 0 Å². The lowest BCUT2D eigenvalue weighted by Gasteiger charge is -2.33. The van der Waals surface area contributed by atoms with Crippen molar-refractivity contribution in [2.24, 2.45) is 0 Å². The van der Waals surface area contributed by atoms with Crippen molar-refractivity contribution >= 4 is 17.5 Å². The number of halogens is 1. The number of carbonyl (C=O) groups is 1. The van der Waals surface area contributed by atoms with Crippen molar-refractivity contribution in [1.29, 1.82) is 0 Å². The number of ether oxygens (including phenoxy) is 1. The molecule has 0 aromatic heterocycles. The van der Waals surface area contributed by atoms with Crippen LogP contribution in [0.2, 0.25) is 5.02 Å². The molecule has 19 heavy (non-hydrogen) atoms. The second-order valence-corrected chi connectivity index (χ2v) is 4.90. The highest BCUT2D eigenvalue weighted by atomic mass is 35.5. The summed E-state index contributed by atoms with van der Waals surface area (Å²) in [7, 11) is 1.84. The molecule has 104 valence electrons. The minimum Gasteiger partial charge on any atom is -0.507 e. The van der Waals surface area contributed by atoms with Crippen molar-refractivity contribution in [1.82, 2.24) is 10.2 Å². The van der Waals surface area contributed by atoms with Gasteiger partial charge in [-0.3, -0.25) is 4.79 Å². The molecule has 1 aliphatic heterocycles. The Kier molecular flexibility index (Phi) is 4.63. The van der Waals surface area contributed by atoms with Crippen LogP contribution in [0, 0.1) is 0 Å². The van der Waals surface area contributed by atoms with Gasteiger partial charge in [-0.1, -0.05) is 11.6 Å². The summed E-state index contributed by atoms with van der Waals surface area (Å²) in [6.45, 7) is 2.21. The fourth-order valence-corrected chi connectivity index (χ4v) is 2.28. The van der Waals surface area contributed by atoms with E-state index < -0.39 is 0 Å². The lowest BCUT2D eigenvalue weighted by atomic mass is 10.1. The Morgan fingerprint density at radius 3 is 3.16 bits per heavy atom. The summed E-state index contributed by atoms with van der Waals surface area (Å²) in [5.74, 6) is -0.268. The smallest absolute Gasteiger partial charge is 0.257 e. The number of hydrogen-bond acceptors (Lipinski definition) is 4. The number of carbonyl (C=O) groups excluding carboxylic acids is 1. The first kappa shape index (κ1) is 14.1. The van der Waals surface area contributed by atoms with Crippen molar-refractivity contribution in [3.05, 3.63) is 28.8 Å². The van der Waals surface area contributed by atoms with E-state index in [0.717, 1.165) is 0 Å². The summed E-state index contributed by atoms with van der Waals surface area (Å²) in [5, 5.41) is 13.2. The third kappa shape index (κ3) is 3.37. The zero-order chi connectivity index (χ0) is 13.8. The summed E-state index contributed by atoms with van der Waals surface area (Å²) in [5.41, 5.74) is 0.234. The number of morpholine rings is 1. The molecule has 1 fully saturated rings. The van der Waals surface area contributed by atoms with Gasteiger partial charge in [0.15, 0.2) is 0 Å². The second-order valence-electron chi connectivity index (χ2n) is 4.46. The molecule has 0 spiro atoms. The lowest BCUT2D eigenvalue weighted by Crippen LogP contribution is -2.48. The molecule has 1 aromatic carbocycles. The van der Waals surface area contributed by atoms with Gasteiger partial charge < -0.3 is 20.1 Å². The van der Waals surface area contributed by atoms with E-state index in [0.29, 0.717) is 31.3 Å². The van der Waals surface area contributed by atoms with Crippen LogP contribution in [0.3, 0.4) is 0 Å². The van der Waals surface area contributed by atoms with Gasteiger partial charge in [0.05, 0.1) is 18.3 Å². The monoisotopic (exact) mass is 284 g/mol. The Morgan fingerprint density at radius 2 is 2.42 bits per heavy atom. The minimum absolute atomic E-state index is 0.0240. The number of aromatic hydroxyl groups is 1. The number of nitrogens with one attached hydrogen (secondary N) is 1. The van der Waals surface area contributed by atoms with Crippen LogP contribution in [-0.2, 0) is 4.74 Å². The van der Waals surface area contributed by atoms with Gasteiger partial charge in [0.25, 0.3) is 5.91 Å². The van der Waals surface area contributed by atoms with E-state index >= 15 is 0 Å². The SMILES string of the molecule is CNCC1CN(C(=O)c2cc(Cl)ccc2O)CCO1. The van der Waals surface area contributed by atoms with Crippen molar-refractivity contribution in [3.63, 3.8) is 0 Å². The molecule has 1 heterocycles. The molecule has 1 saturated heterocycles. The molecule has 0 aliphatic carbocycles. The number of phenols is 1. The summed E-state index contributed by atoms with van der Waals surface area (Å²) in [6.07, 6.45) is -0.0240. The lowest BCUT2D eigenvalue weighted by molar-refractivity contribution is -0.0197. The Bertz CT molecular complexity index is 465. The maximum atomic E-state index is 12.4. The van der Waals surface area contributed by atoms with Crippen molar-refractivity contribution in [3.8, 4) is 5.75 Å². The molecule has 2 rings (SSSR count). The third-order valence-electron chi connectivity index (χ3n) is 3.05. The molecule has 1 aromatic rings. The Morgan fingerprint density at radius 1 is 1.63 bits per heavy atom. The highest BCUT2D eigenvalue weighted by Crippen LogP contribution is 2.23. The molecule has 0 bridgehead atoms. The molecule has 0 radical (unpaired) electrons. The standard InChI is InChI=1S/C13H17ClN2O3/c1-15-7-10-8-16(4-5-19-10)13(18)11-6-9(14)2-3-12(11)17/h2-3,6,10,15,17H,4-5,7-8H2,1H3. The number of nitrogens with zero attached hydrogens (tertiary/aromatic N) is 1. The second kappa shape index (κ2) is 6.23. The van der Waals surface area contributed by atoms with Gasteiger partial charge in [0.1, 0.15) is 5.75 Å². The number of likely N-dealkylation sites (N-methyl/N-ethyl adjacent to an activating group) is 1. The average molecular weight is 285 g/mol. The van der Waals surface area contributed by atoms with Crippen LogP contribution in [0.5, 0.6) is 5.75 Å². The summed E-state index contributed by atoms with van der Waals surface area (Å²) in [4.78, 5) is 14.0. The van der Waals surface area contributed by atoms with E-state index in [9.17, 15) is 9.90 Å². The average Bonchev–Trinajstić information content (AvgIpc) is 2.41. The van der Waals surface area contributed by atoms with Crippen LogP contribution in [0.1, 0.15) is 10.4 Å². The highest BCUT2D eigenvalue weighted by molar-refractivity contribution is 6.31. The molecule has 1 amide bonds. The first-order valence-corrected chi connectivity index (χ1v) is 6.53. The number of benzene rings is 1. The zero-order valence-electron chi connectivity index (χ0n) is 10.7. The fourth-order valence-electron chi connectivity index (χ4n) is 2.10. The predicted molar refractivity (Wildman–Crippen MR) is 72.7 cm³/mol. The zero-order valence-corrected chi connectivity index (χ0v) is 11.5. The van der Waals surface area contributed by atoms with Crippen LogP contribution in [-0.4, -0.2) is 55.3 Å². The molecule has 1 atom stereocenters. The third-order valence-corrected chi connectivity index (χ3v) is 3.28. The van der Waals surface area contributed by atoms with Gasteiger partial charge in [-0.05, 0) is 25.2 Å². The topological polar surface area (TPSA) is 61.8 Å². The van der Waals surface area contributed by atoms with Crippen molar-refractivity contribution in [2.45, 2.75) is 6.10 Å². The summed E-state index contributed by atoms with van der Waals surface area (Å²) >= 11 is 5.86. The van der Waals surface area contributed by atoms with E-state index in [1.807, 2.05) is 7.05 Å². The van der Waals surface area contributed by atoms with Crippen molar-refractivity contribution < 1.29 is 14.6 Å². The van der Waals surface area contributed by atoms with E-state index in [4.69, 9.17) is 16.3 Å². The Balaban J connectivity index is 2.12. The predicted octanol–water partition coefficient (Wildman–Crippen LogP) is 1.11. The molecule has 0 saturated carbocycles. The maximum absolute atomic E-state index is 12.4. The van der Waals surface area contributed by atoms with Crippen LogP contribution in [0.25, 0.3) is 0 Å². The molecule has 1 aliphatic rings. The number of rotatable bonds is 3. The van der Waals surface area contributed by atoms with Crippen LogP contribution < -0.4 is 5.32 Å². The van der Waals surface area contributed by atoms with Gasteiger partial charge in [0, 0.05) is 24.7 Å². The largest absolute Gasteiger partial charge is 0.507 e. The van der Waals surface area contributed by atoms with Gasteiger partial charge in [-0.15, -0.1) is 0 Å². The van der Waals surface area contributed by atoms with E-state index in [2.05, 4.69) is 5.32 Å².